The normalized spacial score (nSPS) is 14.2. The molecule has 0 aromatic heterocycles. The average molecular weight is 1080 g/mol. The molecule has 0 aliphatic rings. The Bertz CT molecular complexity index is 1740. The minimum atomic E-state index is -4.78. The van der Waals surface area contributed by atoms with Crippen LogP contribution in [0.3, 0.4) is 0 Å². The maximum atomic E-state index is 12.9. The molecule has 0 spiro atoms. The lowest BCUT2D eigenvalue weighted by Crippen LogP contribution is -2.30. The highest BCUT2D eigenvalue weighted by Gasteiger charge is 2.28. The van der Waals surface area contributed by atoms with Crippen LogP contribution in [-0.4, -0.2) is 66.5 Å². The molecule has 12 heteroatoms. The van der Waals surface area contributed by atoms with Crippen LogP contribution >= 0.6 is 7.82 Å². The zero-order chi connectivity index (χ0) is 55.5. The molecular weight excluding hydrogens is 976 g/mol. The summed E-state index contributed by atoms with van der Waals surface area (Å²) in [6.45, 7) is 4.30. The van der Waals surface area contributed by atoms with Crippen molar-refractivity contribution in [3.8, 4) is 0 Å². The Morgan fingerprint density at radius 3 is 1.13 bits per heavy atom. The van der Waals surface area contributed by atoms with Crippen molar-refractivity contribution in [2.75, 3.05) is 26.4 Å². The van der Waals surface area contributed by atoms with Crippen LogP contribution in [0.25, 0.3) is 0 Å². The number of carbonyl (C=O) groups is 3. The monoisotopic (exact) mass is 1080 g/mol. The summed E-state index contributed by atoms with van der Waals surface area (Å²) in [4.78, 5) is 48.5. The highest BCUT2D eigenvalue weighted by molar-refractivity contribution is 7.47. The number of hydrogen-bond donors (Lipinski definition) is 2. The Hall–Kier alpha value is -4.12. The maximum Gasteiger partial charge on any atom is 0.472 e. The number of phosphoric acid groups is 1. The first-order chi connectivity index (χ1) is 37.2. The minimum Gasteiger partial charge on any atom is -0.462 e. The zero-order valence-corrected chi connectivity index (χ0v) is 48.6. The predicted molar refractivity (Wildman–Crippen MR) is 316 cm³/mol. The molecule has 0 bridgehead atoms. The maximum absolute atomic E-state index is 12.9. The molecule has 0 amide bonds. The fourth-order valence-corrected chi connectivity index (χ4v) is 8.27. The molecule has 0 rings (SSSR count). The second-order valence-electron chi connectivity index (χ2n) is 19.0. The SMILES string of the molecule is CC/C=C\C/C=C\C/C=C\C/C=C\C/C=C\C/C=C\CCC(=O)OC(COC(=O)CCCCCCCCCCCCCCC)COP(=O)(O)OCC(CO)OC(=O)CCCCCC/C=C\C/C=C\C/C=C\C/C=C\CC. The Balaban J connectivity index is 4.84. The molecule has 0 aliphatic heterocycles. The lowest BCUT2D eigenvalue weighted by atomic mass is 10.0. The van der Waals surface area contributed by atoms with Crippen LogP contribution in [0, 0.1) is 0 Å². The van der Waals surface area contributed by atoms with E-state index in [1.165, 1.54) is 57.8 Å². The number of aliphatic hydroxyl groups excluding tert-OH is 1. The van der Waals surface area contributed by atoms with E-state index in [4.69, 9.17) is 23.3 Å². The van der Waals surface area contributed by atoms with Crippen molar-refractivity contribution in [1.29, 1.82) is 0 Å². The van der Waals surface area contributed by atoms with Crippen molar-refractivity contribution in [2.24, 2.45) is 0 Å². The third kappa shape index (κ3) is 54.7. The van der Waals surface area contributed by atoms with E-state index < -0.39 is 57.8 Å². The van der Waals surface area contributed by atoms with E-state index in [2.05, 4.69) is 130 Å². The van der Waals surface area contributed by atoms with Crippen molar-refractivity contribution in [1.82, 2.24) is 0 Å². The van der Waals surface area contributed by atoms with E-state index in [-0.39, 0.29) is 25.9 Å². The van der Waals surface area contributed by atoms with Crippen LogP contribution in [0.2, 0.25) is 0 Å². The number of esters is 3. The molecular formula is C64H105O11P. The van der Waals surface area contributed by atoms with Crippen molar-refractivity contribution in [2.45, 2.75) is 238 Å². The van der Waals surface area contributed by atoms with Gasteiger partial charge >= 0.3 is 25.7 Å². The van der Waals surface area contributed by atoms with Gasteiger partial charge in [-0.1, -0.05) is 232 Å². The van der Waals surface area contributed by atoms with Gasteiger partial charge in [-0.05, 0) is 96.3 Å². The summed E-state index contributed by atoms with van der Waals surface area (Å²) >= 11 is 0. The van der Waals surface area contributed by atoms with Gasteiger partial charge in [-0.3, -0.25) is 23.4 Å². The lowest BCUT2D eigenvalue weighted by molar-refractivity contribution is -0.161. The number of carbonyl (C=O) groups excluding carboxylic acids is 3. The summed E-state index contributed by atoms with van der Waals surface area (Å²) < 4.78 is 39.4. The molecule has 76 heavy (non-hydrogen) atoms. The fourth-order valence-electron chi connectivity index (χ4n) is 7.49. The van der Waals surface area contributed by atoms with Crippen LogP contribution < -0.4 is 0 Å². The second kappa shape index (κ2) is 57.1. The first kappa shape index (κ1) is 71.9. The van der Waals surface area contributed by atoms with E-state index in [1.807, 2.05) is 12.2 Å². The molecule has 0 aromatic carbocycles. The molecule has 0 saturated carbocycles. The van der Waals surface area contributed by atoms with Gasteiger partial charge in [-0.25, -0.2) is 4.57 Å². The Morgan fingerprint density at radius 2 is 0.711 bits per heavy atom. The first-order valence-corrected chi connectivity index (χ1v) is 30.9. The molecule has 3 unspecified atom stereocenters. The third-order valence-corrected chi connectivity index (χ3v) is 12.8. The van der Waals surface area contributed by atoms with E-state index in [9.17, 15) is 28.9 Å². The van der Waals surface area contributed by atoms with Gasteiger partial charge in [-0.15, -0.1) is 0 Å². The number of allylic oxidation sites excluding steroid dienone is 20. The summed E-state index contributed by atoms with van der Waals surface area (Å²) in [5, 5.41) is 9.82. The van der Waals surface area contributed by atoms with Crippen LogP contribution in [0.4, 0.5) is 0 Å². The highest BCUT2D eigenvalue weighted by Crippen LogP contribution is 2.43. The summed E-state index contributed by atoms with van der Waals surface area (Å²) in [5.41, 5.74) is 0. The largest absolute Gasteiger partial charge is 0.472 e. The minimum absolute atomic E-state index is 0.0361. The topological polar surface area (TPSA) is 155 Å². The molecule has 0 aromatic rings. The van der Waals surface area contributed by atoms with E-state index >= 15 is 0 Å². The molecule has 0 heterocycles. The van der Waals surface area contributed by atoms with Gasteiger partial charge in [0.25, 0.3) is 0 Å². The van der Waals surface area contributed by atoms with Crippen LogP contribution in [0.1, 0.15) is 226 Å². The summed E-state index contributed by atoms with van der Waals surface area (Å²) in [6.07, 6.45) is 70.3. The van der Waals surface area contributed by atoms with Crippen molar-refractivity contribution in [3.63, 3.8) is 0 Å². The van der Waals surface area contributed by atoms with Crippen LogP contribution in [-0.2, 0) is 42.2 Å². The smallest absolute Gasteiger partial charge is 0.462 e. The Kier molecular flexibility index (Phi) is 54.0. The standard InChI is InChI=1S/C64H105O11P/c1-4-7-10-13-16-19-22-25-27-29-30-32-34-37-40-43-46-49-52-55-64(68)75-61(57-71-62(66)53-50-47-44-41-38-35-24-21-18-15-12-9-6-3)59-73-76(69,70)72-58-60(56-65)74-63(67)54-51-48-45-42-39-36-33-31-28-26-23-20-17-14-11-8-5-2/h7-8,10-11,16-17,19-20,25-28,30,32-33,36-37,40,46,49,60-61,65H,4-6,9,12-15,18,21-24,29,31,34-35,38-39,41-45,47-48,50-59H2,1-3H3,(H,69,70)/b10-7-,11-8-,19-16-,20-17-,27-25-,28-26-,32-30-,36-33-,40-37-,49-46-. The second-order valence-corrected chi connectivity index (χ2v) is 20.5. The zero-order valence-electron chi connectivity index (χ0n) is 47.7. The molecule has 0 radical (unpaired) electrons. The molecule has 2 N–H and O–H groups in total. The molecule has 11 nitrogen and oxygen atoms in total. The first-order valence-electron chi connectivity index (χ1n) is 29.4. The quantitative estimate of drug-likeness (QED) is 0.0197. The van der Waals surface area contributed by atoms with Crippen molar-refractivity contribution in [3.05, 3.63) is 122 Å². The fraction of sp³-hybridized carbons (Fsp3) is 0.641. The van der Waals surface area contributed by atoms with Crippen LogP contribution in [0.15, 0.2) is 122 Å². The number of aliphatic hydroxyl groups is 1. The molecule has 0 fully saturated rings. The average Bonchev–Trinajstić information content (AvgIpc) is 3.41. The van der Waals surface area contributed by atoms with Gasteiger partial charge < -0.3 is 24.2 Å². The van der Waals surface area contributed by atoms with Crippen molar-refractivity contribution >= 4 is 25.7 Å². The number of hydrogen-bond acceptors (Lipinski definition) is 10. The Morgan fingerprint density at radius 1 is 0.382 bits per heavy atom. The summed E-state index contributed by atoms with van der Waals surface area (Å²) in [5.74, 6) is -1.60. The highest BCUT2D eigenvalue weighted by atomic mass is 31.2. The van der Waals surface area contributed by atoms with Crippen LogP contribution in [0.5, 0.6) is 0 Å². The predicted octanol–water partition coefficient (Wildman–Crippen LogP) is 17.6. The third-order valence-electron chi connectivity index (χ3n) is 11.9. The van der Waals surface area contributed by atoms with Gasteiger partial charge in [0.1, 0.15) is 12.7 Å². The molecule has 0 saturated heterocycles. The number of rotatable bonds is 53. The van der Waals surface area contributed by atoms with Gasteiger partial charge in [0.15, 0.2) is 6.10 Å². The lowest BCUT2D eigenvalue weighted by Gasteiger charge is -2.21. The van der Waals surface area contributed by atoms with E-state index in [0.717, 1.165) is 103 Å². The van der Waals surface area contributed by atoms with E-state index in [1.54, 1.807) is 0 Å². The van der Waals surface area contributed by atoms with Crippen molar-refractivity contribution < 1.29 is 52.2 Å². The van der Waals surface area contributed by atoms with Gasteiger partial charge in [0.05, 0.1) is 19.8 Å². The summed E-state index contributed by atoms with van der Waals surface area (Å²) in [6, 6.07) is 0. The summed E-state index contributed by atoms with van der Waals surface area (Å²) in [7, 11) is -4.78. The van der Waals surface area contributed by atoms with E-state index in [0.29, 0.717) is 25.7 Å². The van der Waals surface area contributed by atoms with Gasteiger partial charge in [0.2, 0.25) is 0 Å². The number of ether oxygens (including phenoxy) is 3. The molecule has 0 aliphatic carbocycles. The van der Waals surface area contributed by atoms with Gasteiger partial charge in [0, 0.05) is 19.3 Å². The Labute approximate surface area is 462 Å². The number of phosphoric ester groups is 1. The molecule has 432 valence electrons. The van der Waals surface area contributed by atoms with Gasteiger partial charge in [-0.2, -0.15) is 0 Å². The molecule has 3 atom stereocenters. The number of unbranched alkanes of at least 4 members (excludes halogenated alkanes) is 16.